The van der Waals surface area contributed by atoms with Crippen molar-refractivity contribution >= 4 is 22.9 Å². The summed E-state index contributed by atoms with van der Waals surface area (Å²) in [6.07, 6.45) is 4.81. The first-order valence-electron chi connectivity index (χ1n) is 12.9. The van der Waals surface area contributed by atoms with E-state index in [9.17, 15) is 9.59 Å². The molecule has 2 atom stereocenters. The smallest absolute Gasteiger partial charge is 0.409 e. The number of ether oxygens (including phenoxy) is 1. The third kappa shape index (κ3) is 5.79. The highest BCUT2D eigenvalue weighted by atomic mass is 16.6. The fraction of sp³-hybridized carbons (Fsp3) is 0.379. The van der Waals surface area contributed by atoms with Gasteiger partial charge in [0.1, 0.15) is 12.5 Å². The Morgan fingerprint density at radius 1 is 1.08 bits per heavy atom. The minimum absolute atomic E-state index is 0.204. The summed E-state index contributed by atoms with van der Waals surface area (Å²) in [4.78, 5) is 31.5. The fourth-order valence-corrected chi connectivity index (χ4v) is 5.04. The fourth-order valence-electron chi connectivity index (χ4n) is 5.04. The van der Waals surface area contributed by atoms with Gasteiger partial charge in [-0.1, -0.05) is 54.3 Å². The van der Waals surface area contributed by atoms with E-state index in [1.165, 1.54) is 10.9 Å². The molecule has 0 saturated carbocycles. The molecule has 2 aliphatic rings. The number of amides is 2. The molecule has 2 aromatic carbocycles. The predicted molar refractivity (Wildman–Crippen MR) is 140 cm³/mol. The van der Waals surface area contributed by atoms with Crippen LogP contribution in [0.25, 0.3) is 10.9 Å². The number of H-pyrrole nitrogens is 1. The molecule has 0 bridgehead atoms. The first-order chi connectivity index (χ1) is 18.1. The number of nitrogens with one attached hydrogen (secondary N) is 2. The number of aromatic amines is 1. The van der Waals surface area contributed by atoms with Crippen LogP contribution in [0, 0.1) is 17.8 Å². The lowest BCUT2D eigenvalue weighted by Gasteiger charge is -2.25. The highest BCUT2D eigenvalue weighted by molar-refractivity contribution is 5.84. The summed E-state index contributed by atoms with van der Waals surface area (Å²) in [6.45, 7) is 4.06. The molecule has 5 rings (SSSR count). The van der Waals surface area contributed by atoms with Gasteiger partial charge in [0.15, 0.2) is 0 Å². The van der Waals surface area contributed by atoms with E-state index in [2.05, 4.69) is 58.3 Å². The SMILES string of the molecule is O=C(NO)C1C#CC1c1ccc(CN(CCOC(=O)N2CCCC2)CCc2c[nH]c3ccccc23)cc1. The zero-order valence-corrected chi connectivity index (χ0v) is 20.8. The summed E-state index contributed by atoms with van der Waals surface area (Å²) in [7, 11) is 0. The molecule has 0 spiro atoms. The third-order valence-corrected chi connectivity index (χ3v) is 7.23. The van der Waals surface area contributed by atoms with Crippen LogP contribution >= 0.6 is 0 Å². The van der Waals surface area contributed by atoms with Crippen LogP contribution in [-0.4, -0.2) is 64.8 Å². The highest BCUT2D eigenvalue weighted by Gasteiger charge is 2.32. The normalized spacial score (nSPS) is 18.4. The predicted octanol–water partition coefficient (Wildman–Crippen LogP) is 3.67. The van der Waals surface area contributed by atoms with Gasteiger partial charge in [-0.2, -0.15) is 0 Å². The molecule has 192 valence electrons. The van der Waals surface area contributed by atoms with E-state index in [0.717, 1.165) is 55.5 Å². The summed E-state index contributed by atoms with van der Waals surface area (Å²) >= 11 is 0. The van der Waals surface area contributed by atoms with Crippen molar-refractivity contribution in [1.29, 1.82) is 0 Å². The van der Waals surface area contributed by atoms with Crippen LogP contribution in [0.15, 0.2) is 54.7 Å². The van der Waals surface area contributed by atoms with Gasteiger partial charge in [0.05, 0.1) is 5.92 Å². The van der Waals surface area contributed by atoms with Gasteiger partial charge in [-0.05, 0) is 42.0 Å². The standard InChI is InChI=1S/C29H32N4O4/c34-28(31-36)26-12-11-24(26)22-9-7-21(8-10-22)20-32(17-18-37-29(35)33-14-3-4-15-33)16-13-23-19-30-27-6-2-1-5-25(23)27/h1-2,5-10,19,24,26,30,36H,3-4,13-18,20H2,(H,31,34). The molecule has 2 unspecified atom stereocenters. The molecule has 1 fully saturated rings. The summed E-state index contributed by atoms with van der Waals surface area (Å²) < 4.78 is 5.58. The van der Waals surface area contributed by atoms with Gasteiger partial charge in [-0.15, -0.1) is 0 Å². The first-order valence-corrected chi connectivity index (χ1v) is 12.9. The van der Waals surface area contributed by atoms with Gasteiger partial charge in [0, 0.05) is 49.8 Å². The van der Waals surface area contributed by atoms with E-state index in [1.807, 2.05) is 18.2 Å². The zero-order chi connectivity index (χ0) is 25.6. The van der Waals surface area contributed by atoms with Gasteiger partial charge in [-0.25, -0.2) is 10.3 Å². The van der Waals surface area contributed by atoms with Gasteiger partial charge in [0.25, 0.3) is 5.91 Å². The molecule has 37 heavy (non-hydrogen) atoms. The molecular formula is C29H32N4O4. The van der Waals surface area contributed by atoms with Gasteiger partial charge < -0.3 is 14.6 Å². The third-order valence-electron chi connectivity index (χ3n) is 7.23. The Kier molecular flexibility index (Phi) is 7.73. The Bertz CT molecular complexity index is 1300. The number of hydroxylamine groups is 1. The van der Waals surface area contributed by atoms with E-state index in [0.29, 0.717) is 19.7 Å². The van der Waals surface area contributed by atoms with Crippen molar-refractivity contribution in [2.45, 2.75) is 31.7 Å². The Labute approximate surface area is 216 Å². The number of benzene rings is 2. The summed E-state index contributed by atoms with van der Waals surface area (Å²) in [5, 5.41) is 10.1. The number of carbonyl (C=O) groups is 2. The van der Waals surface area contributed by atoms with Crippen molar-refractivity contribution < 1.29 is 19.5 Å². The molecule has 1 aromatic heterocycles. The molecule has 3 N–H and O–H groups in total. The molecule has 0 radical (unpaired) electrons. The molecule has 8 heteroatoms. The second-order valence-electron chi connectivity index (χ2n) is 9.66. The summed E-state index contributed by atoms with van der Waals surface area (Å²) in [5.41, 5.74) is 6.18. The van der Waals surface area contributed by atoms with Crippen LogP contribution in [0.2, 0.25) is 0 Å². The summed E-state index contributed by atoms with van der Waals surface area (Å²) in [6, 6.07) is 16.4. The van der Waals surface area contributed by atoms with Crippen LogP contribution < -0.4 is 5.48 Å². The van der Waals surface area contributed by atoms with Crippen molar-refractivity contribution in [3.63, 3.8) is 0 Å². The minimum atomic E-state index is -0.520. The van der Waals surface area contributed by atoms with Crippen molar-refractivity contribution in [2.75, 3.05) is 32.8 Å². The largest absolute Gasteiger partial charge is 0.448 e. The van der Waals surface area contributed by atoms with Crippen LogP contribution in [0.3, 0.4) is 0 Å². The quantitative estimate of drug-likeness (QED) is 0.224. The topological polar surface area (TPSA) is 97.9 Å². The van der Waals surface area contributed by atoms with Crippen molar-refractivity contribution in [3.05, 3.63) is 71.4 Å². The number of likely N-dealkylation sites (tertiary alicyclic amines) is 1. The molecule has 1 saturated heterocycles. The number of hydrogen-bond donors (Lipinski definition) is 3. The number of rotatable bonds is 10. The van der Waals surface area contributed by atoms with Gasteiger partial charge >= 0.3 is 6.09 Å². The maximum Gasteiger partial charge on any atom is 0.409 e. The van der Waals surface area contributed by atoms with Gasteiger partial charge in [-0.3, -0.25) is 14.9 Å². The Morgan fingerprint density at radius 3 is 2.59 bits per heavy atom. The second kappa shape index (κ2) is 11.5. The Hall–Kier alpha value is -3.80. The lowest BCUT2D eigenvalue weighted by Crippen LogP contribution is -2.34. The molecule has 2 heterocycles. The first kappa shape index (κ1) is 24.9. The van der Waals surface area contributed by atoms with Crippen LogP contribution in [0.5, 0.6) is 0 Å². The van der Waals surface area contributed by atoms with E-state index >= 15 is 0 Å². The lowest BCUT2D eigenvalue weighted by atomic mass is 9.79. The van der Waals surface area contributed by atoms with Crippen LogP contribution in [-0.2, 0) is 22.5 Å². The van der Waals surface area contributed by atoms with E-state index in [4.69, 9.17) is 9.94 Å². The van der Waals surface area contributed by atoms with Crippen molar-refractivity contribution in [3.8, 4) is 11.8 Å². The van der Waals surface area contributed by atoms with Crippen LogP contribution in [0.1, 0.15) is 35.4 Å². The highest BCUT2D eigenvalue weighted by Crippen LogP contribution is 2.30. The van der Waals surface area contributed by atoms with E-state index in [-0.39, 0.29) is 12.0 Å². The molecule has 1 aliphatic heterocycles. The zero-order valence-electron chi connectivity index (χ0n) is 20.8. The number of fused-ring (bicyclic) bond motifs is 1. The second-order valence-corrected chi connectivity index (χ2v) is 9.66. The van der Waals surface area contributed by atoms with Crippen molar-refractivity contribution in [1.82, 2.24) is 20.3 Å². The average molecular weight is 501 g/mol. The number of carbonyl (C=O) groups excluding carboxylic acids is 2. The molecular weight excluding hydrogens is 468 g/mol. The number of hydrogen-bond acceptors (Lipinski definition) is 5. The minimum Gasteiger partial charge on any atom is -0.448 e. The molecule has 8 nitrogen and oxygen atoms in total. The monoisotopic (exact) mass is 500 g/mol. The molecule has 2 amide bonds. The maximum absolute atomic E-state index is 12.3. The Balaban J connectivity index is 1.22. The number of aromatic nitrogens is 1. The van der Waals surface area contributed by atoms with E-state index in [1.54, 1.807) is 10.4 Å². The van der Waals surface area contributed by atoms with E-state index < -0.39 is 11.8 Å². The summed E-state index contributed by atoms with van der Waals surface area (Å²) in [5.74, 6) is 4.62. The van der Waals surface area contributed by atoms with Crippen LogP contribution in [0.4, 0.5) is 4.79 Å². The lowest BCUT2D eigenvalue weighted by molar-refractivity contribution is -0.132. The average Bonchev–Trinajstić information content (AvgIpc) is 3.58. The van der Waals surface area contributed by atoms with Gasteiger partial charge in [0.2, 0.25) is 0 Å². The maximum atomic E-state index is 12.3. The number of para-hydroxylation sites is 1. The Morgan fingerprint density at radius 2 is 1.86 bits per heavy atom. The molecule has 3 aromatic rings. The van der Waals surface area contributed by atoms with Crippen molar-refractivity contribution in [2.24, 2.45) is 5.92 Å². The number of nitrogens with zero attached hydrogens (tertiary/aromatic N) is 2. The molecule has 1 aliphatic carbocycles.